The molecular formula is C11H17BrN2. The average molecular weight is 257 g/mol. The Bertz CT molecular complexity index is 276. The number of nitrogens with two attached hydrogens (primary N) is 1. The largest absolute Gasteiger partial charge is 0.330 e. The lowest BCUT2D eigenvalue weighted by Gasteiger charge is -2.16. The lowest BCUT2D eigenvalue weighted by molar-refractivity contribution is 0.324. The summed E-state index contributed by atoms with van der Waals surface area (Å²) in [7, 11) is 2.12. The van der Waals surface area contributed by atoms with Gasteiger partial charge in [0.2, 0.25) is 0 Å². The second-order valence-corrected chi connectivity index (χ2v) is 4.43. The highest BCUT2D eigenvalue weighted by molar-refractivity contribution is 9.10. The predicted octanol–water partition coefficient (Wildman–Crippen LogP) is 2.23. The van der Waals surface area contributed by atoms with Crippen LogP contribution in [0, 0.1) is 0 Å². The molecule has 0 aliphatic rings. The van der Waals surface area contributed by atoms with E-state index in [1.807, 2.05) is 6.07 Å². The van der Waals surface area contributed by atoms with Crippen LogP contribution < -0.4 is 5.73 Å². The summed E-state index contributed by atoms with van der Waals surface area (Å²) in [5.74, 6) is 0. The number of hydrogen-bond donors (Lipinski definition) is 1. The summed E-state index contributed by atoms with van der Waals surface area (Å²) in [6, 6.07) is 8.40. The van der Waals surface area contributed by atoms with Crippen molar-refractivity contribution in [2.24, 2.45) is 5.73 Å². The van der Waals surface area contributed by atoms with Gasteiger partial charge in [0.1, 0.15) is 0 Å². The minimum absolute atomic E-state index is 0.767. The first-order chi connectivity index (χ1) is 6.72. The van der Waals surface area contributed by atoms with Gasteiger partial charge in [0, 0.05) is 11.0 Å². The first-order valence-electron chi connectivity index (χ1n) is 4.85. The maximum Gasteiger partial charge on any atom is 0.0231 e. The summed E-state index contributed by atoms with van der Waals surface area (Å²) in [6.07, 6.45) is 1.06. The Balaban J connectivity index is 2.43. The highest BCUT2D eigenvalue weighted by atomic mass is 79.9. The smallest absolute Gasteiger partial charge is 0.0231 e. The van der Waals surface area contributed by atoms with Crippen LogP contribution in [0.15, 0.2) is 28.7 Å². The van der Waals surface area contributed by atoms with Gasteiger partial charge in [-0.1, -0.05) is 28.1 Å². The zero-order chi connectivity index (χ0) is 10.4. The second-order valence-electron chi connectivity index (χ2n) is 3.51. The fourth-order valence-electron chi connectivity index (χ4n) is 1.39. The third-order valence-corrected chi connectivity index (χ3v) is 2.58. The Kier molecular flexibility index (Phi) is 5.15. The van der Waals surface area contributed by atoms with E-state index < -0.39 is 0 Å². The van der Waals surface area contributed by atoms with E-state index >= 15 is 0 Å². The van der Waals surface area contributed by atoms with Gasteiger partial charge >= 0.3 is 0 Å². The van der Waals surface area contributed by atoms with Crippen molar-refractivity contribution in [3.63, 3.8) is 0 Å². The zero-order valence-electron chi connectivity index (χ0n) is 8.54. The zero-order valence-corrected chi connectivity index (χ0v) is 10.1. The Morgan fingerprint density at radius 2 is 2.21 bits per heavy atom. The van der Waals surface area contributed by atoms with Gasteiger partial charge in [-0.05, 0) is 44.3 Å². The molecule has 0 saturated heterocycles. The van der Waals surface area contributed by atoms with Crippen molar-refractivity contribution in [2.45, 2.75) is 13.0 Å². The number of rotatable bonds is 5. The molecule has 0 bridgehead atoms. The molecule has 2 nitrogen and oxygen atoms in total. The van der Waals surface area contributed by atoms with E-state index in [0.29, 0.717) is 0 Å². The molecule has 0 atom stereocenters. The fraction of sp³-hybridized carbons (Fsp3) is 0.455. The SMILES string of the molecule is CN(CCCN)Cc1cccc(Br)c1. The van der Waals surface area contributed by atoms with Gasteiger partial charge < -0.3 is 10.6 Å². The molecule has 0 radical (unpaired) electrons. The van der Waals surface area contributed by atoms with Crippen molar-refractivity contribution in [3.8, 4) is 0 Å². The Labute approximate surface area is 94.2 Å². The van der Waals surface area contributed by atoms with Gasteiger partial charge in [-0.2, -0.15) is 0 Å². The van der Waals surface area contributed by atoms with Crippen molar-refractivity contribution in [2.75, 3.05) is 20.1 Å². The van der Waals surface area contributed by atoms with Gasteiger partial charge in [-0.3, -0.25) is 0 Å². The van der Waals surface area contributed by atoms with E-state index in [1.54, 1.807) is 0 Å². The summed E-state index contributed by atoms with van der Waals surface area (Å²) in [6.45, 7) is 2.81. The highest BCUT2D eigenvalue weighted by Crippen LogP contribution is 2.12. The first-order valence-corrected chi connectivity index (χ1v) is 5.64. The minimum Gasteiger partial charge on any atom is -0.330 e. The molecule has 0 aliphatic heterocycles. The third-order valence-electron chi connectivity index (χ3n) is 2.09. The lowest BCUT2D eigenvalue weighted by atomic mass is 10.2. The molecule has 0 aliphatic carbocycles. The molecule has 3 heteroatoms. The summed E-state index contributed by atoms with van der Waals surface area (Å²) in [4.78, 5) is 2.29. The van der Waals surface area contributed by atoms with E-state index in [1.165, 1.54) is 5.56 Å². The minimum atomic E-state index is 0.767. The summed E-state index contributed by atoms with van der Waals surface area (Å²) >= 11 is 3.47. The molecule has 2 N–H and O–H groups in total. The molecule has 1 aromatic rings. The van der Waals surface area contributed by atoms with Crippen LogP contribution in [-0.4, -0.2) is 25.0 Å². The van der Waals surface area contributed by atoms with Gasteiger partial charge in [-0.15, -0.1) is 0 Å². The van der Waals surface area contributed by atoms with Crippen molar-refractivity contribution in [1.29, 1.82) is 0 Å². The summed E-state index contributed by atoms with van der Waals surface area (Å²) in [5, 5.41) is 0. The fourth-order valence-corrected chi connectivity index (χ4v) is 1.83. The van der Waals surface area contributed by atoms with Crippen LogP contribution >= 0.6 is 15.9 Å². The molecule has 0 aromatic heterocycles. The van der Waals surface area contributed by atoms with Crippen LogP contribution in [0.5, 0.6) is 0 Å². The maximum atomic E-state index is 5.46. The van der Waals surface area contributed by atoms with Crippen LogP contribution in [0.2, 0.25) is 0 Å². The molecule has 0 unspecified atom stereocenters. The van der Waals surface area contributed by atoms with E-state index in [9.17, 15) is 0 Å². The highest BCUT2D eigenvalue weighted by Gasteiger charge is 1.99. The van der Waals surface area contributed by atoms with Crippen molar-refractivity contribution >= 4 is 15.9 Å². The van der Waals surface area contributed by atoms with E-state index in [2.05, 4.69) is 46.1 Å². The van der Waals surface area contributed by atoms with Gasteiger partial charge in [0.25, 0.3) is 0 Å². The van der Waals surface area contributed by atoms with Crippen LogP contribution in [0.3, 0.4) is 0 Å². The van der Waals surface area contributed by atoms with E-state index in [0.717, 1.165) is 30.5 Å². The number of benzene rings is 1. The molecular weight excluding hydrogens is 240 g/mol. The molecule has 14 heavy (non-hydrogen) atoms. The van der Waals surface area contributed by atoms with Gasteiger partial charge in [0.05, 0.1) is 0 Å². The lowest BCUT2D eigenvalue weighted by Crippen LogP contribution is -2.21. The molecule has 0 saturated carbocycles. The quantitative estimate of drug-likeness (QED) is 0.876. The third kappa shape index (κ3) is 4.22. The average Bonchev–Trinajstić information content (AvgIpc) is 2.15. The van der Waals surface area contributed by atoms with Crippen molar-refractivity contribution < 1.29 is 0 Å². The number of hydrogen-bond acceptors (Lipinski definition) is 2. The molecule has 1 aromatic carbocycles. The Hall–Kier alpha value is -0.380. The van der Waals surface area contributed by atoms with Crippen LogP contribution in [0.4, 0.5) is 0 Å². The predicted molar refractivity (Wildman–Crippen MR) is 64.1 cm³/mol. The summed E-state index contributed by atoms with van der Waals surface area (Å²) < 4.78 is 1.14. The van der Waals surface area contributed by atoms with E-state index in [-0.39, 0.29) is 0 Å². The molecule has 0 amide bonds. The maximum absolute atomic E-state index is 5.46. The van der Waals surface area contributed by atoms with Gasteiger partial charge in [0.15, 0.2) is 0 Å². The van der Waals surface area contributed by atoms with Crippen LogP contribution in [0.1, 0.15) is 12.0 Å². The molecule has 0 spiro atoms. The number of halogens is 1. The second kappa shape index (κ2) is 6.17. The molecule has 0 heterocycles. The van der Waals surface area contributed by atoms with E-state index in [4.69, 9.17) is 5.73 Å². The van der Waals surface area contributed by atoms with Crippen LogP contribution in [0.25, 0.3) is 0 Å². The standard InChI is InChI=1S/C11H17BrN2/c1-14(7-3-6-13)9-10-4-2-5-11(12)8-10/h2,4-5,8H,3,6-7,9,13H2,1H3. The van der Waals surface area contributed by atoms with Crippen molar-refractivity contribution in [1.82, 2.24) is 4.90 Å². The molecule has 1 rings (SSSR count). The Morgan fingerprint density at radius 1 is 1.43 bits per heavy atom. The molecule has 78 valence electrons. The topological polar surface area (TPSA) is 29.3 Å². The monoisotopic (exact) mass is 256 g/mol. The van der Waals surface area contributed by atoms with Crippen LogP contribution in [-0.2, 0) is 6.54 Å². The Morgan fingerprint density at radius 3 is 2.86 bits per heavy atom. The first kappa shape index (κ1) is 11.7. The normalized spacial score (nSPS) is 10.9. The molecule has 0 fully saturated rings. The van der Waals surface area contributed by atoms with Gasteiger partial charge in [-0.25, -0.2) is 0 Å². The summed E-state index contributed by atoms with van der Waals surface area (Å²) in [5.41, 5.74) is 6.79. The van der Waals surface area contributed by atoms with Crippen molar-refractivity contribution in [3.05, 3.63) is 34.3 Å². The number of nitrogens with zero attached hydrogens (tertiary/aromatic N) is 1.